The Balaban J connectivity index is 1.33. The Kier molecular flexibility index (Phi) is 8.78. The number of H-pyrrole nitrogens is 1. The number of carbonyl (C=O) groups is 2. The van der Waals surface area contributed by atoms with Crippen molar-refractivity contribution in [2.75, 3.05) is 50.5 Å². The Morgan fingerprint density at radius 2 is 1.73 bits per heavy atom. The minimum atomic E-state index is -1.01. The molecule has 4 aromatic rings. The third kappa shape index (κ3) is 6.82. The van der Waals surface area contributed by atoms with Gasteiger partial charge in [0.1, 0.15) is 6.04 Å². The summed E-state index contributed by atoms with van der Waals surface area (Å²) in [4.78, 5) is 36.5. The molecule has 9 nitrogen and oxygen atoms in total. The Bertz CT molecular complexity index is 1500. The Hall–Kier alpha value is -4.05. The second-order valence-corrected chi connectivity index (χ2v) is 11.1. The van der Waals surface area contributed by atoms with E-state index in [-0.39, 0.29) is 11.9 Å². The first-order chi connectivity index (χ1) is 19.8. The summed E-state index contributed by atoms with van der Waals surface area (Å²) in [6.07, 6.45) is 1.81. The molecule has 2 atom stereocenters. The lowest BCUT2D eigenvalue weighted by molar-refractivity contribution is -0.118. The van der Waals surface area contributed by atoms with Gasteiger partial charge < -0.3 is 36.1 Å². The fourth-order valence-corrected chi connectivity index (χ4v) is 5.37. The van der Waals surface area contributed by atoms with Crippen LogP contribution in [0.5, 0.6) is 0 Å². The first kappa shape index (κ1) is 28.5. The molecule has 1 aromatic heterocycles. The molecule has 3 amide bonds. The van der Waals surface area contributed by atoms with Crippen LogP contribution in [0.15, 0.2) is 79.0 Å². The van der Waals surface area contributed by atoms with Gasteiger partial charge in [-0.2, -0.15) is 0 Å². The lowest BCUT2D eigenvalue weighted by Crippen LogP contribution is -2.57. The summed E-state index contributed by atoms with van der Waals surface area (Å²) in [5.74, 6) is -0.377. The number of benzene rings is 3. The molecule has 41 heavy (non-hydrogen) atoms. The second kappa shape index (κ2) is 12.6. The highest BCUT2D eigenvalue weighted by atomic mass is 35.5. The summed E-state index contributed by atoms with van der Waals surface area (Å²) in [5, 5.41) is 7.55. The van der Waals surface area contributed by atoms with Crippen molar-refractivity contribution in [3.63, 3.8) is 0 Å². The van der Waals surface area contributed by atoms with E-state index in [9.17, 15) is 9.59 Å². The molecule has 0 saturated carbocycles. The predicted octanol–water partition coefficient (Wildman–Crippen LogP) is 4.42. The van der Waals surface area contributed by atoms with Crippen LogP contribution in [-0.2, 0) is 11.3 Å². The Labute approximate surface area is 245 Å². The standard InChI is InChI=1S/C31H36ClN7O2/c1-37(2)20-21-6-5-7-23(18-21)35-30(40)29(28(33)26-19-34-27-9-4-3-8-25(26)27)36-31(41)39-16-14-38(15-17-39)24-12-10-22(32)11-13-24/h3-13,18-19,28-29,34H,14-17,20,33H2,1-2H3,(H,35,40)(H,36,41)/t28-,29+/m0/s1. The molecule has 0 bridgehead atoms. The smallest absolute Gasteiger partial charge is 0.318 e. The van der Waals surface area contributed by atoms with E-state index >= 15 is 0 Å². The van der Waals surface area contributed by atoms with Crippen LogP contribution >= 0.6 is 11.6 Å². The third-order valence-corrected chi connectivity index (χ3v) is 7.60. The van der Waals surface area contributed by atoms with Gasteiger partial charge in [-0.15, -0.1) is 0 Å². The van der Waals surface area contributed by atoms with Crippen LogP contribution in [0.1, 0.15) is 17.2 Å². The zero-order valence-corrected chi connectivity index (χ0v) is 24.1. The van der Waals surface area contributed by atoms with Gasteiger partial charge in [0.2, 0.25) is 5.91 Å². The summed E-state index contributed by atoms with van der Waals surface area (Å²) in [5.41, 5.74) is 11.2. The number of nitrogens with zero attached hydrogens (tertiary/aromatic N) is 3. The van der Waals surface area contributed by atoms with E-state index in [4.69, 9.17) is 17.3 Å². The van der Waals surface area contributed by atoms with E-state index < -0.39 is 12.1 Å². The minimum absolute atomic E-state index is 0.322. The second-order valence-electron chi connectivity index (χ2n) is 10.6. The average molecular weight is 574 g/mol. The number of halogens is 1. The van der Waals surface area contributed by atoms with Gasteiger partial charge in [0.05, 0.1) is 6.04 Å². The quantitative estimate of drug-likeness (QED) is 0.249. The van der Waals surface area contributed by atoms with Crippen LogP contribution in [0.2, 0.25) is 5.02 Å². The maximum atomic E-state index is 13.7. The number of nitrogens with one attached hydrogen (secondary N) is 3. The van der Waals surface area contributed by atoms with Crippen LogP contribution in [0.3, 0.4) is 0 Å². The fourth-order valence-electron chi connectivity index (χ4n) is 5.24. The number of piperazine rings is 1. The predicted molar refractivity (Wildman–Crippen MR) is 165 cm³/mol. The maximum absolute atomic E-state index is 13.7. The van der Waals surface area contributed by atoms with Crippen molar-refractivity contribution in [1.29, 1.82) is 0 Å². The van der Waals surface area contributed by atoms with Crippen molar-refractivity contribution >= 4 is 45.8 Å². The number of urea groups is 1. The summed E-state index contributed by atoms with van der Waals surface area (Å²) in [7, 11) is 3.98. The third-order valence-electron chi connectivity index (χ3n) is 7.35. The van der Waals surface area contributed by atoms with Gasteiger partial charge in [0.25, 0.3) is 0 Å². The van der Waals surface area contributed by atoms with Crippen LogP contribution < -0.4 is 21.3 Å². The zero-order valence-electron chi connectivity index (χ0n) is 23.3. The number of amides is 3. The molecule has 1 fully saturated rings. The van der Waals surface area contributed by atoms with E-state index in [1.165, 1.54) is 0 Å². The number of nitrogens with two attached hydrogens (primary N) is 1. The molecule has 1 aliphatic rings. The molecule has 0 radical (unpaired) electrons. The number of hydrogen-bond acceptors (Lipinski definition) is 5. The number of para-hydroxylation sites is 1. The normalized spacial score (nSPS) is 15.1. The van der Waals surface area contributed by atoms with Crippen LogP contribution in [0.25, 0.3) is 10.9 Å². The van der Waals surface area contributed by atoms with Gasteiger partial charge in [-0.1, -0.05) is 41.9 Å². The molecule has 10 heteroatoms. The molecule has 0 unspecified atom stereocenters. The van der Waals surface area contributed by atoms with Gasteiger partial charge in [-0.05, 0) is 67.7 Å². The molecule has 0 spiro atoms. The van der Waals surface area contributed by atoms with E-state index in [0.717, 1.165) is 34.3 Å². The Morgan fingerprint density at radius 1 is 1.00 bits per heavy atom. The molecule has 2 heterocycles. The van der Waals surface area contributed by atoms with Gasteiger partial charge in [-0.25, -0.2) is 4.79 Å². The first-order valence-corrected chi connectivity index (χ1v) is 14.1. The molecular weight excluding hydrogens is 538 g/mol. The monoisotopic (exact) mass is 573 g/mol. The first-order valence-electron chi connectivity index (χ1n) is 13.7. The highest BCUT2D eigenvalue weighted by Gasteiger charge is 2.32. The van der Waals surface area contributed by atoms with Crippen molar-refractivity contribution in [2.24, 2.45) is 5.73 Å². The molecular formula is C31H36ClN7O2. The summed E-state index contributed by atoms with van der Waals surface area (Å²) in [6.45, 7) is 3.09. The number of hydrogen-bond donors (Lipinski definition) is 4. The molecule has 1 aliphatic heterocycles. The number of fused-ring (bicyclic) bond motifs is 1. The van der Waals surface area contributed by atoms with Crippen LogP contribution in [0.4, 0.5) is 16.2 Å². The molecule has 1 saturated heterocycles. The van der Waals surface area contributed by atoms with Gasteiger partial charge in [0.15, 0.2) is 0 Å². The van der Waals surface area contributed by atoms with E-state index in [0.29, 0.717) is 36.9 Å². The van der Waals surface area contributed by atoms with Gasteiger partial charge in [0, 0.05) is 66.2 Å². The van der Waals surface area contributed by atoms with Crippen LogP contribution in [0, 0.1) is 0 Å². The number of anilines is 2. The van der Waals surface area contributed by atoms with Gasteiger partial charge in [-0.3, -0.25) is 4.79 Å². The molecule has 0 aliphatic carbocycles. The minimum Gasteiger partial charge on any atom is -0.368 e. The maximum Gasteiger partial charge on any atom is 0.318 e. The lowest BCUT2D eigenvalue weighted by Gasteiger charge is -2.37. The van der Waals surface area contributed by atoms with Crippen molar-refractivity contribution in [3.8, 4) is 0 Å². The SMILES string of the molecule is CN(C)Cc1cccc(NC(=O)[C@H](NC(=O)N2CCN(c3ccc(Cl)cc3)CC2)[C@@H](N)c2c[nH]c3ccccc23)c1. The molecule has 5 N–H and O–H groups in total. The van der Waals surface area contributed by atoms with Crippen molar-refractivity contribution in [1.82, 2.24) is 20.1 Å². The summed E-state index contributed by atoms with van der Waals surface area (Å²) >= 11 is 6.04. The zero-order chi connectivity index (χ0) is 28.9. The Morgan fingerprint density at radius 3 is 2.46 bits per heavy atom. The van der Waals surface area contributed by atoms with Crippen molar-refractivity contribution in [3.05, 3.63) is 95.1 Å². The number of rotatable bonds is 8. The molecule has 214 valence electrons. The summed E-state index contributed by atoms with van der Waals surface area (Å²) < 4.78 is 0. The lowest BCUT2D eigenvalue weighted by atomic mass is 9.98. The number of aromatic nitrogens is 1. The van der Waals surface area contributed by atoms with E-state index in [1.54, 1.807) is 4.90 Å². The van der Waals surface area contributed by atoms with Crippen molar-refractivity contribution in [2.45, 2.75) is 18.6 Å². The number of aromatic amines is 1. The molecule has 5 rings (SSSR count). The molecule has 3 aromatic carbocycles. The van der Waals surface area contributed by atoms with Crippen molar-refractivity contribution < 1.29 is 9.59 Å². The van der Waals surface area contributed by atoms with E-state index in [1.807, 2.05) is 93.1 Å². The fraction of sp³-hybridized carbons (Fsp3) is 0.290. The van der Waals surface area contributed by atoms with Crippen LogP contribution in [-0.4, -0.2) is 73.0 Å². The average Bonchev–Trinajstić information content (AvgIpc) is 3.40. The highest BCUT2D eigenvalue weighted by Crippen LogP contribution is 2.26. The summed E-state index contributed by atoms with van der Waals surface area (Å²) in [6, 6.07) is 21.0. The van der Waals surface area contributed by atoms with E-state index in [2.05, 4.69) is 25.4 Å². The largest absolute Gasteiger partial charge is 0.368 e. The highest BCUT2D eigenvalue weighted by molar-refractivity contribution is 6.30. The van der Waals surface area contributed by atoms with Gasteiger partial charge >= 0.3 is 6.03 Å². The number of carbonyl (C=O) groups excluding carboxylic acids is 2. The topological polar surface area (TPSA) is 110 Å².